The van der Waals surface area contributed by atoms with Gasteiger partial charge in [-0.15, -0.1) is 11.3 Å². The van der Waals surface area contributed by atoms with E-state index in [0.717, 1.165) is 38.5 Å². The highest BCUT2D eigenvalue weighted by molar-refractivity contribution is 7.20. The van der Waals surface area contributed by atoms with Gasteiger partial charge in [0.2, 0.25) is 5.91 Å². The van der Waals surface area contributed by atoms with Crippen LogP contribution < -0.4 is 5.73 Å². The Hall–Kier alpha value is -2.12. The molecule has 186 valence electrons. The summed E-state index contributed by atoms with van der Waals surface area (Å²) >= 11 is 13.5. The van der Waals surface area contributed by atoms with Crippen LogP contribution >= 0.6 is 34.5 Å². The van der Waals surface area contributed by atoms with Crippen molar-refractivity contribution in [3.63, 3.8) is 0 Å². The SMILES string of the molecule is NC(=O)c1c(CCC(=O)c2ccc(CCCC3CCCC(O)C3)cc2)sc2c(Cl)c(O)c(Cl)cc12. The molecule has 0 aliphatic heterocycles. The number of thiophene rings is 1. The number of benzene rings is 2. The first-order valence-electron chi connectivity index (χ1n) is 12.0. The summed E-state index contributed by atoms with van der Waals surface area (Å²) in [5.74, 6) is -0.262. The lowest BCUT2D eigenvalue weighted by molar-refractivity contribution is 0.0974. The Kier molecular flexibility index (Phi) is 8.38. The first kappa shape index (κ1) is 26.0. The Labute approximate surface area is 218 Å². The first-order valence-corrected chi connectivity index (χ1v) is 13.5. The molecule has 1 saturated carbocycles. The van der Waals surface area contributed by atoms with Crippen molar-refractivity contribution in [2.24, 2.45) is 11.7 Å². The van der Waals surface area contributed by atoms with E-state index >= 15 is 0 Å². The molecule has 1 amide bonds. The maximum atomic E-state index is 12.8. The number of hydrogen-bond acceptors (Lipinski definition) is 5. The Morgan fingerprint density at radius 3 is 2.54 bits per heavy atom. The topological polar surface area (TPSA) is 101 Å². The zero-order valence-corrected chi connectivity index (χ0v) is 21.7. The van der Waals surface area contributed by atoms with Crippen molar-refractivity contribution in [3.8, 4) is 5.75 Å². The lowest BCUT2D eigenvalue weighted by Gasteiger charge is -2.25. The number of aromatic hydroxyl groups is 1. The average Bonchev–Trinajstić information content (AvgIpc) is 3.20. The molecule has 3 aromatic rings. The van der Waals surface area contributed by atoms with Crippen LogP contribution in [0.3, 0.4) is 0 Å². The standard InChI is InChI=1S/C27H29Cl2NO4S/c28-20-14-19-23(27(30)34)22(35-26(19)24(29)25(20)33)12-11-21(32)17-9-7-15(8-10-17)3-1-4-16-5-2-6-18(31)13-16/h7-10,14,16,18,31,33H,1-6,11-13H2,(H2,30,34). The summed E-state index contributed by atoms with van der Waals surface area (Å²) in [5, 5.41) is 20.5. The number of aliphatic hydroxyl groups is 1. The molecular weight excluding hydrogens is 505 g/mol. The van der Waals surface area contributed by atoms with Crippen molar-refractivity contribution in [2.75, 3.05) is 0 Å². The molecular formula is C27H29Cl2NO4S. The highest BCUT2D eigenvalue weighted by Gasteiger charge is 2.23. The summed E-state index contributed by atoms with van der Waals surface area (Å²) in [5.41, 5.74) is 7.74. The number of phenols is 1. The zero-order valence-electron chi connectivity index (χ0n) is 19.4. The Bertz CT molecular complexity index is 1240. The van der Waals surface area contributed by atoms with Gasteiger partial charge in [0.05, 0.1) is 21.4 Å². The molecule has 4 rings (SSSR count). The Morgan fingerprint density at radius 2 is 1.86 bits per heavy atom. The van der Waals surface area contributed by atoms with Gasteiger partial charge in [-0.2, -0.15) is 0 Å². The maximum Gasteiger partial charge on any atom is 0.250 e. The highest BCUT2D eigenvalue weighted by Crippen LogP contribution is 2.44. The molecule has 0 radical (unpaired) electrons. The van der Waals surface area contributed by atoms with Gasteiger partial charge < -0.3 is 15.9 Å². The van der Waals surface area contributed by atoms with E-state index in [1.54, 1.807) is 0 Å². The molecule has 5 nitrogen and oxygen atoms in total. The lowest BCUT2D eigenvalue weighted by atomic mass is 9.84. The number of hydrogen-bond donors (Lipinski definition) is 3. The highest BCUT2D eigenvalue weighted by atomic mass is 35.5. The summed E-state index contributed by atoms with van der Waals surface area (Å²) < 4.78 is 0.525. The first-order chi connectivity index (χ1) is 16.7. The van der Waals surface area contributed by atoms with Crippen LogP contribution in [0.4, 0.5) is 0 Å². The van der Waals surface area contributed by atoms with E-state index in [1.807, 2.05) is 24.3 Å². The molecule has 1 aromatic heterocycles. The summed E-state index contributed by atoms with van der Waals surface area (Å²) in [6, 6.07) is 9.20. The minimum absolute atomic E-state index is 0.0207. The molecule has 0 spiro atoms. The van der Waals surface area contributed by atoms with Crippen LogP contribution in [0.5, 0.6) is 5.75 Å². The average molecular weight is 535 g/mol. The van der Waals surface area contributed by atoms with E-state index in [9.17, 15) is 19.8 Å². The van der Waals surface area contributed by atoms with Crippen molar-refractivity contribution in [3.05, 3.63) is 61.9 Å². The van der Waals surface area contributed by atoms with Crippen LogP contribution in [-0.4, -0.2) is 28.0 Å². The van der Waals surface area contributed by atoms with Crippen molar-refractivity contribution in [2.45, 2.75) is 63.9 Å². The summed E-state index contributed by atoms with van der Waals surface area (Å²) in [6.45, 7) is 0. The van der Waals surface area contributed by atoms with Gasteiger partial charge in [0.15, 0.2) is 11.5 Å². The smallest absolute Gasteiger partial charge is 0.250 e. The Balaban J connectivity index is 1.37. The summed E-state index contributed by atoms with van der Waals surface area (Å²) in [4.78, 5) is 25.6. The number of nitrogens with two attached hydrogens (primary N) is 1. The van der Waals surface area contributed by atoms with Gasteiger partial charge in [-0.1, -0.05) is 66.7 Å². The van der Waals surface area contributed by atoms with Crippen LogP contribution in [0.1, 0.15) is 76.1 Å². The fraction of sp³-hybridized carbons (Fsp3) is 0.407. The number of carbonyl (C=O) groups is 2. The van der Waals surface area contributed by atoms with Crippen LogP contribution in [0, 0.1) is 5.92 Å². The molecule has 8 heteroatoms. The van der Waals surface area contributed by atoms with Gasteiger partial charge in [0, 0.05) is 22.2 Å². The second-order valence-electron chi connectivity index (χ2n) is 9.36. The van der Waals surface area contributed by atoms with Crippen molar-refractivity contribution in [1.29, 1.82) is 0 Å². The normalized spacial score (nSPS) is 18.1. The van der Waals surface area contributed by atoms with E-state index in [-0.39, 0.29) is 34.1 Å². The molecule has 1 fully saturated rings. The number of rotatable bonds is 9. The maximum absolute atomic E-state index is 12.8. The van der Waals surface area contributed by atoms with E-state index < -0.39 is 5.91 Å². The minimum Gasteiger partial charge on any atom is -0.505 e. The van der Waals surface area contributed by atoms with Crippen LogP contribution in [-0.2, 0) is 12.8 Å². The number of phenolic OH excluding ortho intramolecular Hbond substituents is 1. The number of aliphatic hydroxyl groups excluding tert-OH is 1. The molecule has 0 bridgehead atoms. The lowest BCUT2D eigenvalue weighted by Crippen LogP contribution is -2.19. The van der Waals surface area contributed by atoms with Crippen molar-refractivity contribution >= 4 is 56.3 Å². The van der Waals surface area contributed by atoms with E-state index in [1.165, 1.54) is 29.4 Å². The van der Waals surface area contributed by atoms with E-state index in [4.69, 9.17) is 28.9 Å². The summed E-state index contributed by atoms with van der Waals surface area (Å²) in [7, 11) is 0. The fourth-order valence-electron chi connectivity index (χ4n) is 5.00. The predicted octanol–water partition coefficient (Wildman–Crippen LogP) is 6.70. The quantitative estimate of drug-likeness (QED) is 0.266. The van der Waals surface area contributed by atoms with Crippen molar-refractivity contribution in [1.82, 2.24) is 0 Å². The van der Waals surface area contributed by atoms with Gasteiger partial charge in [-0.25, -0.2) is 0 Å². The van der Waals surface area contributed by atoms with Gasteiger partial charge in [0.25, 0.3) is 0 Å². The van der Waals surface area contributed by atoms with Crippen LogP contribution in [0.25, 0.3) is 10.1 Å². The van der Waals surface area contributed by atoms with E-state index in [0.29, 0.717) is 38.4 Å². The van der Waals surface area contributed by atoms with Crippen LogP contribution in [0.15, 0.2) is 30.3 Å². The second kappa shape index (κ2) is 11.3. The number of amides is 1. The molecule has 2 atom stereocenters. The minimum atomic E-state index is -0.622. The molecule has 1 heterocycles. The molecule has 2 aromatic carbocycles. The van der Waals surface area contributed by atoms with Gasteiger partial charge >= 0.3 is 0 Å². The van der Waals surface area contributed by atoms with Crippen molar-refractivity contribution < 1.29 is 19.8 Å². The third-order valence-corrected chi connectivity index (χ3v) is 8.91. The molecule has 4 N–H and O–H groups in total. The Morgan fingerprint density at radius 1 is 1.11 bits per heavy atom. The largest absolute Gasteiger partial charge is 0.505 e. The van der Waals surface area contributed by atoms with Gasteiger partial charge in [-0.05, 0) is 49.7 Å². The number of aryl methyl sites for hydroxylation is 2. The predicted molar refractivity (Wildman–Crippen MR) is 142 cm³/mol. The molecule has 35 heavy (non-hydrogen) atoms. The summed E-state index contributed by atoms with van der Waals surface area (Å²) in [6.07, 6.45) is 7.77. The van der Waals surface area contributed by atoms with Gasteiger partial charge in [-0.3, -0.25) is 9.59 Å². The van der Waals surface area contributed by atoms with E-state index in [2.05, 4.69) is 0 Å². The number of fused-ring (bicyclic) bond motifs is 1. The molecule has 0 saturated heterocycles. The third-order valence-electron chi connectivity index (χ3n) is 6.86. The zero-order chi connectivity index (χ0) is 25.1. The number of ketones is 1. The molecule has 1 aliphatic rings. The number of carbonyl (C=O) groups excluding carboxylic acids is 2. The van der Waals surface area contributed by atoms with Gasteiger partial charge in [0.1, 0.15) is 5.02 Å². The number of Topliss-reactive ketones (excluding diaryl/α,β-unsaturated/α-hetero) is 1. The number of halogens is 2. The second-order valence-corrected chi connectivity index (χ2v) is 11.3. The fourth-order valence-corrected chi connectivity index (χ4v) is 6.79. The molecule has 1 aliphatic carbocycles. The number of primary amides is 1. The third kappa shape index (κ3) is 6.00. The monoisotopic (exact) mass is 533 g/mol. The van der Waals surface area contributed by atoms with Crippen LogP contribution in [0.2, 0.25) is 10.0 Å². The molecule has 2 unspecified atom stereocenters.